The summed E-state index contributed by atoms with van der Waals surface area (Å²) >= 11 is 1.49. The number of nitrogens with zero attached hydrogens (tertiary/aromatic N) is 1. The van der Waals surface area contributed by atoms with Crippen LogP contribution in [0.15, 0.2) is 18.2 Å². The number of aryl methyl sites for hydroxylation is 1. The highest BCUT2D eigenvalue weighted by molar-refractivity contribution is 7.15. The van der Waals surface area contributed by atoms with Gasteiger partial charge in [-0.05, 0) is 38.1 Å². The third kappa shape index (κ3) is 2.38. The lowest BCUT2D eigenvalue weighted by molar-refractivity contribution is 0.301. The van der Waals surface area contributed by atoms with Gasteiger partial charge in [0, 0.05) is 16.9 Å². The Morgan fingerprint density at radius 3 is 3.00 bits per heavy atom. The van der Waals surface area contributed by atoms with E-state index in [2.05, 4.69) is 10.3 Å². The summed E-state index contributed by atoms with van der Waals surface area (Å²) in [5, 5.41) is 3.90. The van der Waals surface area contributed by atoms with Crippen molar-refractivity contribution in [1.29, 1.82) is 0 Å². The average Bonchev–Trinajstić information content (AvgIpc) is 2.86. The molecule has 0 fully saturated rings. The summed E-state index contributed by atoms with van der Waals surface area (Å²) in [4.78, 5) is 5.49. The monoisotopic (exact) mass is 307 g/mol. The summed E-state index contributed by atoms with van der Waals surface area (Å²) in [6.45, 7) is 0. The van der Waals surface area contributed by atoms with Crippen LogP contribution in [0.3, 0.4) is 0 Å². The third-order valence-electron chi connectivity index (χ3n) is 4.21. The van der Waals surface area contributed by atoms with Gasteiger partial charge in [0.2, 0.25) is 0 Å². The predicted molar refractivity (Wildman–Crippen MR) is 82.2 cm³/mol. The Labute approximate surface area is 127 Å². The van der Waals surface area contributed by atoms with Gasteiger partial charge in [-0.15, -0.1) is 11.3 Å². The maximum atomic E-state index is 14.4. The van der Waals surface area contributed by atoms with Crippen molar-refractivity contribution in [3.63, 3.8) is 0 Å². The van der Waals surface area contributed by atoms with Crippen LogP contribution in [0, 0.1) is 5.82 Å². The lowest BCUT2D eigenvalue weighted by atomic mass is 9.77. The highest BCUT2D eigenvalue weighted by atomic mass is 32.1. The second-order valence-electron chi connectivity index (χ2n) is 5.28. The number of halogens is 1. The molecule has 21 heavy (non-hydrogen) atoms. The van der Waals surface area contributed by atoms with Crippen molar-refractivity contribution in [2.75, 3.05) is 19.9 Å². The molecule has 0 amide bonds. The molecule has 1 atom stereocenters. The minimum atomic E-state index is -0.440. The topological polar surface area (TPSA) is 60.2 Å². The Balaban J connectivity index is 2.06. The number of benzene rings is 1. The van der Waals surface area contributed by atoms with Crippen LogP contribution >= 0.6 is 11.3 Å². The molecule has 3 N–H and O–H groups in total. The smallest absolute Gasteiger partial charge is 0.180 e. The number of thiazole rings is 1. The normalized spacial score (nSPS) is 21.1. The lowest BCUT2D eigenvalue weighted by Gasteiger charge is -2.37. The zero-order chi connectivity index (χ0) is 15.0. The van der Waals surface area contributed by atoms with Crippen LogP contribution in [0.5, 0.6) is 5.75 Å². The van der Waals surface area contributed by atoms with E-state index in [1.807, 2.05) is 7.05 Å². The molecule has 0 bridgehead atoms. The van der Waals surface area contributed by atoms with E-state index in [0.717, 1.165) is 23.4 Å². The molecule has 1 aliphatic rings. The fourth-order valence-corrected chi connectivity index (χ4v) is 4.00. The molecule has 0 saturated carbocycles. The highest BCUT2D eigenvalue weighted by Crippen LogP contribution is 2.40. The van der Waals surface area contributed by atoms with Gasteiger partial charge >= 0.3 is 0 Å². The summed E-state index contributed by atoms with van der Waals surface area (Å²) in [7, 11) is 3.46. The van der Waals surface area contributed by atoms with E-state index < -0.39 is 5.54 Å². The molecular formula is C15H18FN3OS. The van der Waals surface area contributed by atoms with Gasteiger partial charge in [-0.1, -0.05) is 0 Å². The van der Waals surface area contributed by atoms with Gasteiger partial charge in [0.25, 0.3) is 0 Å². The fourth-order valence-electron chi connectivity index (χ4n) is 3.01. The zero-order valence-corrected chi connectivity index (χ0v) is 12.9. The Morgan fingerprint density at radius 1 is 1.48 bits per heavy atom. The average molecular weight is 307 g/mol. The van der Waals surface area contributed by atoms with Crippen molar-refractivity contribution in [3.05, 3.63) is 40.2 Å². The summed E-state index contributed by atoms with van der Waals surface area (Å²) < 4.78 is 19.6. The molecule has 1 heterocycles. The van der Waals surface area contributed by atoms with Crippen molar-refractivity contribution in [3.8, 4) is 5.75 Å². The van der Waals surface area contributed by atoms with Crippen LogP contribution in [0.25, 0.3) is 0 Å². The van der Waals surface area contributed by atoms with Crippen LogP contribution in [-0.2, 0) is 18.4 Å². The molecule has 1 aromatic heterocycles. The van der Waals surface area contributed by atoms with E-state index in [1.165, 1.54) is 17.4 Å². The molecular weight excluding hydrogens is 289 g/mol. The number of aromatic nitrogens is 1. The van der Waals surface area contributed by atoms with Gasteiger partial charge in [-0.2, -0.15) is 0 Å². The number of anilines is 1. The van der Waals surface area contributed by atoms with Crippen molar-refractivity contribution in [2.24, 2.45) is 0 Å². The number of hydrogen-bond acceptors (Lipinski definition) is 5. The van der Waals surface area contributed by atoms with Crippen molar-refractivity contribution in [2.45, 2.75) is 24.8 Å². The zero-order valence-electron chi connectivity index (χ0n) is 12.1. The largest absolute Gasteiger partial charge is 0.497 e. The number of nitrogen functional groups attached to an aromatic ring is 1. The molecule has 0 radical (unpaired) electrons. The van der Waals surface area contributed by atoms with Crippen molar-refractivity contribution >= 4 is 16.5 Å². The van der Waals surface area contributed by atoms with Gasteiger partial charge in [0.05, 0.1) is 18.3 Å². The molecule has 0 aliphatic heterocycles. The molecule has 6 heteroatoms. The van der Waals surface area contributed by atoms with Gasteiger partial charge in [-0.3, -0.25) is 0 Å². The number of fused-ring (bicyclic) bond motifs is 1. The summed E-state index contributed by atoms with van der Waals surface area (Å²) in [6.07, 6.45) is 2.27. The molecule has 112 valence electrons. The Bertz CT molecular complexity index is 673. The molecule has 2 aromatic rings. The predicted octanol–water partition coefficient (Wildman–Crippen LogP) is 2.48. The molecule has 1 aromatic carbocycles. The van der Waals surface area contributed by atoms with Crippen LogP contribution in [0.2, 0.25) is 0 Å². The second kappa shape index (κ2) is 5.27. The lowest BCUT2D eigenvalue weighted by Crippen LogP contribution is -2.45. The highest BCUT2D eigenvalue weighted by Gasteiger charge is 2.38. The standard InChI is InChI=1S/C15H18FN3OS/c1-18-15(10-7-9(20-2)3-4-11(10)16)6-5-12-13(8-15)21-14(17)19-12/h3-4,7,18H,5-6,8H2,1-2H3,(H2,17,19). The molecule has 1 unspecified atom stereocenters. The minimum absolute atomic E-state index is 0.217. The second-order valence-corrected chi connectivity index (χ2v) is 6.39. The first kappa shape index (κ1) is 14.3. The number of nitrogens with two attached hydrogens (primary N) is 1. The fraction of sp³-hybridized carbons (Fsp3) is 0.400. The summed E-state index contributed by atoms with van der Waals surface area (Å²) in [6, 6.07) is 4.88. The molecule has 4 nitrogen and oxygen atoms in total. The van der Waals surface area contributed by atoms with Crippen LogP contribution < -0.4 is 15.8 Å². The number of likely N-dealkylation sites (N-methyl/N-ethyl adjacent to an activating group) is 1. The maximum Gasteiger partial charge on any atom is 0.180 e. The van der Waals surface area contributed by atoms with Crippen LogP contribution in [0.1, 0.15) is 22.6 Å². The van der Waals surface area contributed by atoms with Crippen molar-refractivity contribution < 1.29 is 9.13 Å². The van der Waals surface area contributed by atoms with Gasteiger partial charge in [0.1, 0.15) is 11.6 Å². The number of methoxy groups -OCH3 is 1. The molecule has 0 saturated heterocycles. The molecule has 0 spiro atoms. The number of nitrogens with one attached hydrogen (secondary N) is 1. The molecule has 3 rings (SSSR count). The molecule has 1 aliphatic carbocycles. The maximum absolute atomic E-state index is 14.4. The van der Waals surface area contributed by atoms with E-state index in [9.17, 15) is 4.39 Å². The van der Waals surface area contributed by atoms with Gasteiger partial charge in [-0.25, -0.2) is 9.37 Å². The van der Waals surface area contributed by atoms with Crippen molar-refractivity contribution in [1.82, 2.24) is 10.3 Å². The van der Waals surface area contributed by atoms with Gasteiger partial charge < -0.3 is 15.8 Å². The van der Waals surface area contributed by atoms with E-state index in [4.69, 9.17) is 10.5 Å². The number of ether oxygens (including phenoxy) is 1. The van der Waals surface area contributed by atoms with E-state index in [-0.39, 0.29) is 5.82 Å². The first-order chi connectivity index (χ1) is 10.1. The van der Waals surface area contributed by atoms with E-state index in [0.29, 0.717) is 22.9 Å². The first-order valence-corrected chi connectivity index (χ1v) is 7.66. The minimum Gasteiger partial charge on any atom is -0.497 e. The van der Waals surface area contributed by atoms with Crippen LogP contribution in [0.4, 0.5) is 9.52 Å². The van der Waals surface area contributed by atoms with E-state index in [1.54, 1.807) is 19.2 Å². The summed E-state index contributed by atoms with van der Waals surface area (Å²) in [5.41, 5.74) is 7.04. The summed E-state index contributed by atoms with van der Waals surface area (Å²) in [5.74, 6) is 0.446. The quantitative estimate of drug-likeness (QED) is 0.914. The Hall–Kier alpha value is -1.66. The van der Waals surface area contributed by atoms with Gasteiger partial charge in [0.15, 0.2) is 5.13 Å². The van der Waals surface area contributed by atoms with E-state index >= 15 is 0 Å². The Kier molecular flexibility index (Phi) is 3.59. The first-order valence-electron chi connectivity index (χ1n) is 6.85. The van der Waals surface area contributed by atoms with Crippen LogP contribution in [-0.4, -0.2) is 19.1 Å². The third-order valence-corrected chi connectivity index (χ3v) is 5.14. The number of hydrogen-bond donors (Lipinski definition) is 2. The number of rotatable bonds is 3. The SMILES string of the molecule is CNC1(c2cc(OC)ccc2F)CCc2nc(N)sc2C1. The Morgan fingerprint density at radius 2 is 2.29 bits per heavy atom.